The molecule has 0 atom stereocenters. The zero-order valence-electron chi connectivity index (χ0n) is 12.2. The number of ketones is 1. The Bertz CT molecular complexity index is 414. The second kappa shape index (κ2) is 6.03. The van der Waals surface area contributed by atoms with E-state index in [0.717, 1.165) is 17.7 Å². The van der Waals surface area contributed by atoms with Crippen molar-refractivity contribution in [2.75, 3.05) is 6.61 Å². The number of Topliss-reactive ketones (excluding diaryl/α,β-unsaturated/α-hetero) is 1. The number of rotatable bonds is 5. The van der Waals surface area contributed by atoms with E-state index in [9.17, 15) is 4.79 Å². The molecule has 2 heteroatoms. The fourth-order valence-corrected chi connectivity index (χ4v) is 1.74. The van der Waals surface area contributed by atoms with Crippen LogP contribution in [-0.4, -0.2) is 12.4 Å². The summed E-state index contributed by atoms with van der Waals surface area (Å²) in [7, 11) is 0. The van der Waals surface area contributed by atoms with E-state index in [4.69, 9.17) is 4.74 Å². The second-order valence-electron chi connectivity index (χ2n) is 5.59. The van der Waals surface area contributed by atoms with Crippen molar-refractivity contribution in [3.8, 4) is 5.75 Å². The van der Waals surface area contributed by atoms with Crippen molar-refractivity contribution < 1.29 is 9.53 Å². The van der Waals surface area contributed by atoms with Crippen molar-refractivity contribution in [1.82, 2.24) is 0 Å². The summed E-state index contributed by atoms with van der Waals surface area (Å²) in [5.41, 5.74) is 1.94. The van der Waals surface area contributed by atoms with Gasteiger partial charge in [0.2, 0.25) is 0 Å². The minimum Gasteiger partial charge on any atom is -0.493 e. The van der Waals surface area contributed by atoms with E-state index in [2.05, 4.69) is 33.8 Å². The van der Waals surface area contributed by atoms with Gasteiger partial charge in [0.25, 0.3) is 0 Å². The summed E-state index contributed by atoms with van der Waals surface area (Å²) in [5, 5.41) is 0. The number of hydrogen-bond donors (Lipinski definition) is 0. The summed E-state index contributed by atoms with van der Waals surface area (Å²) in [6.07, 6.45) is 1.46. The van der Waals surface area contributed by atoms with E-state index >= 15 is 0 Å². The van der Waals surface area contributed by atoms with Crippen LogP contribution in [0.25, 0.3) is 0 Å². The van der Waals surface area contributed by atoms with Gasteiger partial charge in [-0.15, -0.1) is 0 Å². The van der Waals surface area contributed by atoms with Gasteiger partial charge in [0.1, 0.15) is 5.75 Å². The molecule has 0 spiro atoms. The van der Waals surface area contributed by atoms with E-state index in [0.29, 0.717) is 13.0 Å². The Balaban J connectivity index is 3.16. The lowest BCUT2D eigenvalue weighted by atomic mass is 9.85. The highest BCUT2D eigenvalue weighted by Crippen LogP contribution is 2.29. The molecule has 0 saturated heterocycles. The normalized spacial score (nSPS) is 11.4. The Labute approximate surface area is 110 Å². The molecule has 0 aliphatic rings. The van der Waals surface area contributed by atoms with Crippen molar-refractivity contribution in [2.45, 2.75) is 52.9 Å². The third-order valence-electron chi connectivity index (χ3n) is 2.93. The number of hydrogen-bond acceptors (Lipinski definition) is 2. The predicted octanol–water partition coefficient (Wildman–Crippen LogP) is 4.37. The molecular weight excluding hydrogens is 224 g/mol. The molecule has 0 N–H and O–H groups in total. The predicted molar refractivity (Wildman–Crippen MR) is 75.5 cm³/mol. The van der Waals surface area contributed by atoms with Crippen LogP contribution in [0.2, 0.25) is 0 Å². The molecule has 0 fully saturated rings. The van der Waals surface area contributed by atoms with Gasteiger partial charge in [-0.05, 0) is 29.5 Å². The standard InChI is InChI=1S/C16H24O2/c1-6-10-18-15-9-8-12(16(3,4)5)11-13(15)14(17)7-2/h8-9,11H,6-7,10H2,1-5H3. The van der Waals surface area contributed by atoms with Crippen LogP contribution in [0.3, 0.4) is 0 Å². The Morgan fingerprint density at radius 2 is 1.89 bits per heavy atom. The lowest BCUT2D eigenvalue weighted by Gasteiger charge is -2.21. The number of carbonyl (C=O) groups is 1. The lowest BCUT2D eigenvalue weighted by molar-refractivity contribution is 0.0984. The van der Waals surface area contributed by atoms with Gasteiger partial charge in [0, 0.05) is 6.42 Å². The van der Waals surface area contributed by atoms with Gasteiger partial charge >= 0.3 is 0 Å². The fraction of sp³-hybridized carbons (Fsp3) is 0.562. The number of ether oxygens (including phenoxy) is 1. The molecule has 1 rings (SSSR count). The van der Waals surface area contributed by atoms with E-state index < -0.39 is 0 Å². The van der Waals surface area contributed by atoms with E-state index in [1.807, 2.05) is 19.1 Å². The van der Waals surface area contributed by atoms with Gasteiger partial charge in [-0.1, -0.05) is 40.7 Å². The third-order valence-corrected chi connectivity index (χ3v) is 2.93. The molecule has 18 heavy (non-hydrogen) atoms. The van der Waals surface area contributed by atoms with Crippen LogP contribution in [0.1, 0.15) is 63.4 Å². The van der Waals surface area contributed by atoms with Crippen LogP contribution < -0.4 is 4.74 Å². The highest BCUT2D eigenvalue weighted by Gasteiger charge is 2.18. The zero-order valence-corrected chi connectivity index (χ0v) is 12.2. The van der Waals surface area contributed by atoms with Crippen LogP contribution in [0.4, 0.5) is 0 Å². The van der Waals surface area contributed by atoms with E-state index in [1.165, 1.54) is 5.56 Å². The van der Waals surface area contributed by atoms with Gasteiger partial charge in [0.05, 0.1) is 12.2 Å². The minimum absolute atomic E-state index is 0.0477. The molecule has 0 unspecified atom stereocenters. The summed E-state index contributed by atoms with van der Waals surface area (Å²) in [6.45, 7) is 11.0. The summed E-state index contributed by atoms with van der Waals surface area (Å²) in [4.78, 5) is 12.0. The van der Waals surface area contributed by atoms with Crippen LogP contribution >= 0.6 is 0 Å². The average molecular weight is 248 g/mol. The highest BCUT2D eigenvalue weighted by atomic mass is 16.5. The molecule has 2 nitrogen and oxygen atoms in total. The van der Waals surface area contributed by atoms with Crippen molar-refractivity contribution in [2.24, 2.45) is 0 Å². The maximum absolute atomic E-state index is 12.0. The van der Waals surface area contributed by atoms with Gasteiger partial charge in [-0.2, -0.15) is 0 Å². The topological polar surface area (TPSA) is 26.3 Å². The molecule has 1 aromatic carbocycles. The first kappa shape index (κ1) is 14.7. The zero-order chi connectivity index (χ0) is 13.8. The molecule has 0 heterocycles. The van der Waals surface area contributed by atoms with Crippen molar-refractivity contribution in [3.63, 3.8) is 0 Å². The molecule has 0 aliphatic carbocycles. The highest BCUT2D eigenvalue weighted by molar-refractivity contribution is 5.98. The SMILES string of the molecule is CCCOc1ccc(C(C)(C)C)cc1C(=O)CC. The Kier molecular flexibility index (Phi) is 4.94. The summed E-state index contributed by atoms with van der Waals surface area (Å²) in [5.74, 6) is 0.865. The third kappa shape index (κ3) is 3.59. The van der Waals surface area contributed by atoms with Gasteiger partial charge < -0.3 is 4.74 Å². The van der Waals surface area contributed by atoms with Crippen molar-refractivity contribution in [1.29, 1.82) is 0 Å². The molecule has 0 saturated carbocycles. The summed E-state index contributed by atoms with van der Waals surface area (Å²) >= 11 is 0. The van der Waals surface area contributed by atoms with Crippen molar-refractivity contribution >= 4 is 5.78 Å². The summed E-state index contributed by atoms with van der Waals surface area (Å²) < 4.78 is 5.66. The van der Waals surface area contributed by atoms with Crippen molar-refractivity contribution in [3.05, 3.63) is 29.3 Å². The molecule has 0 radical (unpaired) electrons. The Morgan fingerprint density at radius 1 is 1.22 bits per heavy atom. The van der Waals surface area contributed by atoms with E-state index in [1.54, 1.807) is 0 Å². The number of carbonyl (C=O) groups excluding carboxylic acids is 1. The molecule has 0 aromatic heterocycles. The molecule has 1 aromatic rings. The van der Waals surface area contributed by atoms with Crippen LogP contribution in [0.5, 0.6) is 5.75 Å². The molecule has 0 amide bonds. The second-order valence-corrected chi connectivity index (χ2v) is 5.59. The Morgan fingerprint density at radius 3 is 2.39 bits per heavy atom. The molecular formula is C16H24O2. The maximum Gasteiger partial charge on any atom is 0.166 e. The first-order valence-electron chi connectivity index (χ1n) is 6.70. The Hall–Kier alpha value is -1.31. The molecule has 0 bridgehead atoms. The van der Waals surface area contributed by atoms with Gasteiger partial charge in [0.15, 0.2) is 5.78 Å². The van der Waals surface area contributed by atoms with Gasteiger partial charge in [-0.25, -0.2) is 0 Å². The largest absolute Gasteiger partial charge is 0.493 e. The fourth-order valence-electron chi connectivity index (χ4n) is 1.74. The smallest absolute Gasteiger partial charge is 0.166 e. The minimum atomic E-state index is 0.0477. The van der Waals surface area contributed by atoms with Crippen LogP contribution in [0.15, 0.2) is 18.2 Å². The monoisotopic (exact) mass is 248 g/mol. The first-order chi connectivity index (χ1) is 8.40. The quantitative estimate of drug-likeness (QED) is 0.723. The lowest BCUT2D eigenvalue weighted by Crippen LogP contribution is -2.13. The van der Waals surface area contributed by atoms with Crippen LogP contribution in [0, 0.1) is 0 Å². The molecule has 100 valence electrons. The first-order valence-corrected chi connectivity index (χ1v) is 6.70. The van der Waals surface area contributed by atoms with Crippen LogP contribution in [-0.2, 0) is 5.41 Å². The average Bonchev–Trinajstić information content (AvgIpc) is 2.34. The van der Waals surface area contributed by atoms with E-state index in [-0.39, 0.29) is 11.2 Å². The maximum atomic E-state index is 12.0. The summed E-state index contributed by atoms with van der Waals surface area (Å²) in [6, 6.07) is 5.97. The molecule has 0 aliphatic heterocycles. The number of benzene rings is 1. The van der Waals surface area contributed by atoms with Gasteiger partial charge in [-0.3, -0.25) is 4.79 Å².